The highest BCUT2D eigenvalue weighted by Crippen LogP contribution is 2.22. The first-order chi connectivity index (χ1) is 12.1. The largest absolute Gasteiger partial charge is 0.497 e. The molecule has 2 N–H and O–H groups in total. The van der Waals surface area contributed by atoms with Gasteiger partial charge in [0.25, 0.3) is 0 Å². The summed E-state index contributed by atoms with van der Waals surface area (Å²) < 4.78 is 5.24. The minimum Gasteiger partial charge on any atom is -0.497 e. The SMILES string of the molecule is COc1ccc2cc(/C(C)=N\Nc3cccc(C(=O)O)c3)ccc2c1. The van der Waals surface area contributed by atoms with Gasteiger partial charge >= 0.3 is 5.97 Å². The molecule has 0 saturated heterocycles. The number of nitrogens with one attached hydrogen (secondary N) is 1. The number of hydrazone groups is 1. The van der Waals surface area contributed by atoms with Gasteiger partial charge in [0.15, 0.2) is 0 Å². The van der Waals surface area contributed by atoms with E-state index in [-0.39, 0.29) is 5.56 Å². The molecule has 0 fully saturated rings. The maximum absolute atomic E-state index is 11.0. The van der Waals surface area contributed by atoms with E-state index in [0.717, 1.165) is 27.8 Å². The van der Waals surface area contributed by atoms with E-state index in [9.17, 15) is 4.79 Å². The lowest BCUT2D eigenvalue weighted by molar-refractivity contribution is 0.0697. The number of hydrogen-bond acceptors (Lipinski definition) is 4. The predicted molar refractivity (Wildman–Crippen MR) is 99.7 cm³/mol. The molecule has 3 rings (SSSR count). The Hall–Kier alpha value is -3.34. The number of methoxy groups -OCH3 is 1. The van der Waals surface area contributed by atoms with Crippen molar-refractivity contribution in [2.24, 2.45) is 5.10 Å². The molecule has 3 aromatic carbocycles. The molecule has 0 bridgehead atoms. The fraction of sp³-hybridized carbons (Fsp3) is 0.100. The standard InChI is InChI=1S/C20H18N2O3/c1-13(21-22-18-5-3-4-17(11-18)20(23)24)14-6-7-16-12-19(25-2)9-8-15(16)10-14/h3-12,22H,1-2H3,(H,23,24)/b21-13-. The zero-order valence-corrected chi connectivity index (χ0v) is 14.0. The lowest BCUT2D eigenvalue weighted by atomic mass is 10.0. The number of nitrogens with zero attached hydrogens (tertiary/aromatic N) is 1. The van der Waals surface area contributed by atoms with E-state index in [1.807, 2.05) is 37.3 Å². The predicted octanol–water partition coefficient (Wildman–Crippen LogP) is 4.38. The molecule has 0 heterocycles. The van der Waals surface area contributed by atoms with Crippen molar-refractivity contribution in [3.63, 3.8) is 0 Å². The number of carboxylic acid groups (broad SMARTS) is 1. The van der Waals surface area contributed by atoms with Crippen LogP contribution in [0.15, 0.2) is 65.8 Å². The molecule has 0 aliphatic rings. The van der Waals surface area contributed by atoms with Gasteiger partial charge in [0, 0.05) is 0 Å². The van der Waals surface area contributed by atoms with Crippen molar-refractivity contribution in [2.75, 3.05) is 12.5 Å². The van der Waals surface area contributed by atoms with Crippen molar-refractivity contribution in [3.8, 4) is 5.75 Å². The van der Waals surface area contributed by atoms with E-state index >= 15 is 0 Å². The molecule has 5 nitrogen and oxygen atoms in total. The molecule has 0 radical (unpaired) electrons. The molecule has 126 valence electrons. The van der Waals surface area contributed by atoms with Gasteiger partial charge in [-0.15, -0.1) is 0 Å². The number of carbonyl (C=O) groups is 1. The first kappa shape index (κ1) is 16.5. The lowest BCUT2D eigenvalue weighted by Gasteiger charge is -2.07. The summed E-state index contributed by atoms with van der Waals surface area (Å²) in [4.78, 5) is 11.0. The first-order valence-electron chi connectivity index (χ1n) is 7.78. The summed E-state index contributed by atoms with van der Waals surface area (Å²) in [5.74, 6) is -0.139. The van der Waals surface area contributed by atoms with Crippen LogP contribution in [-0.4, -0.2) is 23.9 Å². The van der Waals surface area contributed by atoms with Crippen LogP contribution >= 0.6 is 0 Å². The van der Waals surface area contributed by atoms with Gasteiger partial charge in [-0.3, -0.25) is 5.43 Å². The maximum atomic E-state index is 11.0. The molecule has 5 heteroatoms. The molecule has 25 heavy (non-hydrogen) atoms. The average molecular weight is 334 g/mol. The minimum atomic E-state index is -0.964. The Bertz CT molecular complexity index is 964. The zero-order chi connectivity index (χ0) is 17.8. The molecular weight excluding hydrogens is 316 g/mol. The van der Waals surface area contributed by atoms with Gasteiger partial charge in [0.1, 0.15) is 5.75 Å². The van der Waals surface area contributed by atoms with E-state index in [0.29, 0.717) is 5.69 Å². The van der Waals surface area contributed by atoms with Crippen molar-refractivity contribution >= 4 is 28.1 Å². The van der Waals surface area contributed by atoms with Crippen LogP contribution in [0.2, 0.25) is 0 Å². The summed E-state index contributed by atoms with van der Waals surface area (Å²) in [5.41, 5.74) is 5.55. The summed E-state index contributed by atoms with van der Waals surface area (Å²) in [5, 5.41) is 15.6. The summed E-state index contributed by atoms with van der Waals surface area (Å²) in [6.45, 7) is 1.90. The summed E-state index contributed by atoms with van der Waals surface area (Å²) in [6.07, 6.45) is 0. The normalized spacial score (nSPS) is 11.4. The molecule has 0 aliphatic carbocycles. The molecule has 0 aromatic heterocycles. The quantitative estimate of drug-likeness (QED) is 0.536. The van der Waals surface area contributed by atoms with Crippen molar-refractivity contribution < 1.29 is 14.6 Å². The van der Waals surface area contributed by atoms with Crippen LogP contribution < -0.4 is 10.2 Å². The Morgan fingerprint density at radius 3 is 2.52 bits per heavy atom. The zero-order valence-electron chi connectivity index (χ0n) is 14.0. The molecule has 3 aromatic rings. The molecule has 0 aliphatic heterocycles. The number of carboxylic acids is 1. The fourth-order valence-electron chi connectivity index (χ4n) is 2.51. The van der Waals surface area contributed by atoms with Gasteiger partial charge in [-0.1, -0.05) is 24.3 Å². The molecule has 0 spiro atoms. The Morgan fingerprint density at radius 2 is 1.76 bits per heavy atom. The number of fused-ring (bicyclic) bond motifs is 1. The van der Waals surface area contributed by atoms with Crippen molar-refractivity contribution in [1.82, 2.24) is 0 Å². The fourth-order valence-corrected chi connectivity index (χ4v) is 2.51. The highest BCUT2D eigenvalue weighted by Gasteiger charge is 2.04. The van der Waals surface area contributed by atoms with Gasteiger partial charge in [-0.25, -0.2) is 4.79 Å². The van der Waals surface area contributed by atoms with Crippen molar-refractivity contribution in [1.29, 1.82) is 0 Å². The van der Waals surface area contributed by atoms with Gasteiger partial charge in [0.05, 0.1) is 24.1 Å². The third-order valence-corrected chi connectivity index (χ3v) is 3.93. The number of ether oxygens (including phenoxy) is 1. The van der Waals surface area contributed by atoms with Crippen molar-refractivity contribution in [2.45, 2.75) is 6.92 Å². The summed E-state index contributed by atoms with van der Waals surface area (Å²) >= 11 is 0. The summed E-state index contributed by atoms with van der Waals surface area (Å²) in [6, 6.07) is 18.5. The number of benzene rings is 3. The third kappa shape index (κ3) is 3.77. The molecule has 0 amide bonds. The van der Waals surface area contributed by atoms with E-state index in [4.69, 9.17) is 9.84 Å². The number of anilines is 1. The second kappa shape index (κ2) is 7.05. The average Bonchev–Trinajstić information content (AvgIpc) is 2.65. The number of hydrogen-bond donors (Lipinski definition) is 2. The Morgan fingerprint density at radius 1 is 1.00 bits per heavy atom. The molecular formula is C20H18N2O3. The van der Waals surface area contributed by atoms with Gasteiger partial charge in [-0.2, -0.15) is 5.10 Å². The lowest BCUT2D eigenvalue weighted by Crippen LogP contribution is -2.01. The van der Waals surface area contributed by atoms with Crippen LogP contribution in [0.4, 0.5) is 5.69 Å². The second-order valence-corrected chi connectivity index (χ2v) is 5.62. The number of rotatable bonds is 5. The van der Waals surface area contributed by atoms with Crippen LogP contribution in [0.1, 0.15) is 22.8 Å². The smallest absolute Gasteiger partial charge is 0.335 e. The van der Waals surface area contributed by atoms with Gasteiger partial charge in [0.2, 0.25) is 0 Å². The summed E-state index contributed by atoms with van der Waals surface area (Å²) in [7, 11) is 1.65. The maximum Gasteiger partial charge on any atom is 0.335 e. The van der Waals surface area contributed by atoms with Crippen LogP contribution in [-0.2, 0) is 0 Å². The van der Waals surface area contributed by atoms with Crippen LogP contribution in [0.5, 0.6) is 5.75 Å². The van der Waals surface area contributed by atoms with Crippen LogP contribution in [0, 0.1) is 0 Å². The molecule has 0 saturated carbocycles. The highest BCUT2D eigenvalue weighted by molar-refractivity contribution is 6.02. The van der Waals surface area contributed by atoms with E-state index in [1.165, 1.54) is 0 Å². The Kier molecular flexibility index (Phi) is 4.66. The van der Waals surface area contributed by atoms with Crippen LogP contribution in [0.3, 0.4) is 0 Å². The first-order valence-corrected chi connectivity index (χ1v) is 7.78. The van der Waals surface area contributed by atoms with Crippen LogP contribution in [0.25, 0.3) is 10.8 Å². The highest BCUT2D eigenvalue weighted by atomic mass is 16.5. The van der Waals surface area contributed by atoms with E-state index in [1.54, 1.807) is 31.4 Å². The number of aromatic carboxylic acids is 1. The second-order valence-electron chi connectivity index (χ2n) is 5.62. The third-order valence-electron chi connectivity index (χ3n) is 3.93. The van der Waals surface area contributed by atoms with Gasteiger partial charge in [-0.05, 0) is 59.7 Å². The Labute approximate surface area is 145 Å². The Balaban J connectivity index is 1.83. The van der Waals surface area contributed by atoms with E-state index < -0.39 is 5.97 Å². The van der Waals surface area contributed by atoms with Gasteiger partial charge < -0.3 is 9.84 Å². The molecule has 0 atom stereocenters. The topological polar surface area (TPSA) is 70.9 Å². The minimum absolute atomic E-state index is 0.220. The monoisotopic (exact) mass is 334 g/mol. The van der Waals surface area contributed by atoms with Crippen molar-refractivity contribution in [3.05, 3.63) is 71.8 Å². The molecule has 0 unspecified atom stereocenters. The van der Waals surface area contributed by atoms with E-state index in [2.05, 4.69) is 16.6 Å².